The first-order valence-corrected chi connectivity index (χ1v) is 5.75. The number of nitrogens with zero attached hydrogens (tertiary/aromatic N) is 1. The third-order valence-electron chi connectivity index (χ3n) is 2.57. The summed E-state index contributed by atoms with van der Waals surface area (Å²) in [4.78, 5) is 2.30. The lowest BCUT2D eigenvalue weighted by atomic mass is 10.1. The lowest BCUT2D eigenvalue weighted by Gasteiger charge is -2.27. The molecule has 0 fully saturated rings. The van der Waals surface area contributed by atoms with Crippen molar-refractivity contribution in [3.63, 3.8) is 0 Å². The molecular weight excluding hydrogens is 236 g/mol. The zero-order valence-electron chi connectivity index (χ0n) is 10.1. The number of benzene rings is 1. The summed E-state index contributed by atoms with van der Waals surface area (Å²) in [5.41, 5.74) is 6.72. The fourth-order valence-corrected chi connectivity index (χ4v) is 2.05. The summed E-state index contributed by atoms with van der Waals surface area (Å²) in [5.74, 6) is 0.765. The van der Waals surface area contributed by atoms with Gasteiger partial charge in [-0.3, -0.25) is 4.90 Å². The van der Waals surface area contributed by atoms with Crippen molar-refractivity contribution in [2.75, 3.05) is 27.3 Å². The fourth-order valence-electron chi connectivity index (χ4n) is 1.73. The highest BCUT2D eigenvalue weighted by Crippen LogP contribution is 2.23. The Morgan fingerprint density at radius 3 is 2.82 bits per heavy atom. The number of nitrogens with two attached hydrogens (primary N) is 1. The molecule has 1 atom stereocenters. The van der Waals surface area contributed by atoms with Crippen LogP contribution in [0, 0.1) is 0 Å². The molecule has 5 heteroatoms. The van der Waals surface area contributed by atoms with Crippen LogP contribution in [0.5, 0.6) is 5.75 Å². The minimum absolute atomic E-state index is 0.0690. The first kappa shape index (κ1) is 13.9. The Bertz CT molecular complexity index is 385. The molecule has 4 nitrogen and oxygen atoms in total. The topological polar surface area (TPSA) is 58.7 Å². The van der Waals surface area contributed by atoms with E-state index in [9.17, 15) is 0 Å². The van der Waals surface area contributed by atoms with Crippen molar-refractivity contribution < 1.29 is 9.84 Å². The van der Waals surface area contributed by atoms with Gasteiger partial charge < -0.3 is 15.6 Å². The zero-order chi connectivity index (χ0) is 12.8. The number of thiocarbonyl (C=S) groups is 1. The summed E-state index contributed by atoms with van der Waals surface area (Å²) in [6.45, 7) is 0.582. The van der Waals surface area contributed by atoms with Gasteiger partial charge in [0.15, 0.2) is 0 Å². The molecule has 0 aromatic heterocycles. The second-order valence-corrected chi connectivity index (χ2v) is 4.26. The van der Waals surface area contributed by atoms with Gasteiger partial charge in [-0.05, 0) is 24.7 Å². The Balaban J connectivity index is 3.00. The molecular formula is C12H18N2O2S. The number of hydrogen-bond donors (Lipinski definition) is 2. The molecule has 1 unspecified atom stereocenters. The average Bonchev–Trinajstić information content (AvgIpc) is 2.29. The second kappa shape index (κ2) is 6.54. The van der Waals surface area contributed by atoms with Crippen LogP contribution in [-0.4, -0.2) is 42.3 Å². The first-order chi connectivity index (χ1) is 8.10. The maximum absolute atomic E-state index is 8.96. The van der Waals surface area contributed by atoms with Crippen molar-refractivity contribution >= 4 is 17.2 Å². The van der Waals surface area contributed by atoms with E-state index in [1.54, 1.807) is 7.11 Å². The van der Waals surface area contributed by atoms with Gasteiger partial charge in [0.05, 0.1) is 24.7 Å². The van der Waals surface area contributed by atoms with Gasteiger partial charge in [0.25, 0.3) is 0 Å². The van der Waals surface area contributed by atoms with E-state index in [0.29, 0.717) is 11.5 Å². The van der Waals surface area contributed by atoms with Crippen LogP contribution in [0.4, 0.5) is 0 Å². The van der Waals surface area contributed by atoms with Crippen LogP contribution in [0.1, 0.15) is 11.6 Å². The highest BCUT2D eigenvalue weighted by molar-refractivity contribution is 7.80. The SMILES string of the molecule is COc1cccc(C(C(N)=S)N(C)CCO)c1. The van der Waals surface area contributed by atoms with Crippen molar-refractivity contribution in [2.24, 2.45) is 5.73 Å². The average molecular weight is 254 g/mol. The summed E-state index contributed by atoms with van der Waals surface area (Å²) < 4.78 is 5.17. The second-order valence-electron chi connectivity index (χ2n) is 3.79. The molecule has 3 N–H and O–H groups in total. The van der Waals surface area contributed by atoms with Gasteiger partial charge in [0.2, 0.25) is 0 Å². The van der Waals surface area contributed by atoms with Crippen molar-refractivity contribution in [3.05, 3.63) is 29.8 Å². The van der Waals surface area contributed by atoms with Crippen molar-refractivity contribution in [1.82, 2.24) is 4.90 Å². The maximum atomic E-state index is 8.96. The third-order valence-corrected chi connectivity index (χ3v) is 2.80. The van der Waals surface area contributed by atoms with Crippen molar-refractivity contribution in [2.45, 2.75) is 6.04 Å². The predicted molar refractivity (Wildman–Crippen MR) is 72.2 cm³/mol. The molecule has 1 aromatic rings. The molecule has 1 aromatic carbocycles. The number of likely N-dealkylation sites (N-methyl/N-ethyl adjacent to an activating group) is 1. The molecule has 0 bridgehead atoms. The van der Waals surface area contributed by atoms with Crippen LogP contribution in [0.15, 0.2) is 24.3 Å². The molecule has 0 saturated carbocycles. The monoisotopic (exact) mass is 254 g/mol. The summed E-state index contributed by atoms with van der Waals surface area (Å²) in [6, 6.07) is 7.42. The molecule has 0 heterocycles. The van der Waals surface area contributed by atoms with E-state index in [1.165, 1.54) is 0 Å². The van der Waals surface area contributed by atoms with Gasteiger partial charge in [-0.25, -0.2) is 0 Å². The number of aliphatic hydroxyl groups is 1. The molecule has 17 heavy (non-hydrogen) atoms. The molecule has 0 radical (unpaired) electrons. The molecule has 0 spiro atoms. The number of ether oxygens (including phenoxy) is 1. The van der Waals surface area contributed by atoms with Crippen LogP contribution in [0.25, 0.3) is 0 Å². The standard InChI is InChI=1S/C12H18N2O2S/c1-14(6-7-15)11(12(13)17)9-4-3-5-10(8-9)16-2/h3-5,8,11,15H,6-7H2,1-2H3,(H2,13,17). The van der Waals surface area contributed by atoms with Gasteiger partial charge >= 0.3 is 0 Å². The van der Waals surface area contributed by atoms with Gasteiger partial charge in [-0.1, -0.05) is 24.4 Å². The summed E-state index contributed by atoms with van der Waals surface area (Å²) in [6.07, 6.45) is 0. The molecule has 1 rings (SSSR count). The lowest BCUT2D eigenvalue weighted by molar-refractivity contribution is 0.207. The summed E-state index contributed by atoms with van der Waals surface area (Å²) >= 11 is 5.08. The number of hydrogen-bond acceptors (Lipinski definition) is 4. The van der Waals surface area contributed by atoms with Gasteiger partial charge in [-0.15, -0.1) is 0 Å². The summed E-state index contributed by atoms with van der Waals surface area (Å²) in [7, 11) is 3.49. The first-order valence-electron chi connectivity index (χ1n) is 5.34. The van der Waals surface area contributed by atoms with Crippen LogP contribution in [0.3, 0.4) is 0 Å². The molecule has 0 aliphatic rings. The normalized spacial score (nSPS) is 12.5. The van der Waals surface area contributed by atoms with E-state index >= 15 is 0 Å². The highest BCUT2D eigenvalue weighted by atomic mass is 32.1. The van der Waals surface area contributed by atoms with E-state index in [4.69, 9.17) is 27.8 Å². The Kier molecular flexibility index (Phi) is 5.34. The van der Waals surface area contributed by atoms with E-state index in [-0.39, 0.29) is 12.6 Å². The zero-order valence-corrected chi connectivity index (χ0v) is 10.9. The minimum Gasteiger partial charge on any atom is -0.497 e. The smallest absolute Gasteiger partial charge is 0.119 e. The molecule has 0 saturated heterocycles. The highest BCUT2D eigenvalue weighted by Gasteiger charge is 2.19. The number of rotatable bonds is 6. The summed E-state index contributed by atoms with van der Waals surface area (Å²) in [5, 5.41) is 8.96. The minimum atomic E-state index is -0.188. The predicted octanol–water partition coefficient (Wildman–Crippen LogP) is 0.946. The fraction of sp³-hybridized carbons (Fsp3) is 0.417. The van der Waals surface area contributed by atoms with Gasteiger partial charge in [-0.2, -0.15) is 0 Å². The van der Waals surface area contributed by atoms with Crippen LogP contribution >= 0.6 is 12.2 Å². The van der Waals surface area contributed by atoms with E-state index in [2.05, 4.69) is 0 Å². The maximum Gasteiger partial charge on any atom is 0.119 e. The van der Waals surface area contributed by atoms with Crippen molar-refractivity contribution in [3.8, 4) is 5.75 Å². The van der Waals surface area contributed by atoms with Gasteiger partial charge in [0.1, 0.15) is 5.75 Å². The van der Waals surface area contributed by atoms with Crippen LogP contribution in [-0.2, 0) is 0 Å². The van der Waals surface area contributed by atoms with Crippen molar-refractivity contribution in [1.29, 1.82) is 0 Å². The Morgan fingerprint density at radius 2 is 2.29 bits per heavy atom. The molecule has 0 aliphatic carbocycles. The quantitative estimate of drug-likeness (QED) is 0.740. The molecule has 94 valence electrons. The Labute approximate surface area is 107 Å². The molecule has 0 amide bonds. The Morgan fingerprint density at radius 1 is 1.59 bits per heavy atom. The number of methoxy groups -OCH3 is 1. The van der Waals surface area contributed by atoms with Crippen LogP contribution < -0.4 is 10.5 Å². The van der Waals surface area contributed by atoms with Gasteiger partial charge in [0, 0.05) is 6.54 Å². The van der Waals surface area contributed by atoms with Crippen LogP contribution in [0.2, 0.25) is 0 Å². The van der Waals surface area contributed by atoms with E-state index in [0.717, 1.165) is 11.3 Å². The third kappa shape index (κ3) is 3.66. The molecule has 0 aliphatic heterocycles. The largest absolute Gasteiger partial charge is 0.497 e. The lowest BCUT2D eigenvalue weighted by Crippen LogP contribution is -2.35. The van der Waals surface area contributed by atoms with E-state index < -0.39 is 0 Å². The number of aliphatic hydroxyl groups excluding tert-OH is 1. The van der Waals surface area contributed by atoms with E-state index in [1.807, 2.05) is 36.2 Å². The Hall–Kier alpha value is -1.17.